The molecule has 1 unspecified atom stereocenters. The Kier molecular flexibility index (Phi) is 5.45. The minimum Gasteiger partial charge on any atom is -0.479 e. The number of carbonyl (C=O) groups is 1. The quantitative estimate of drug-likeness (QED) is 0.833. The van der Waals surface area contributed by atoms with Crippen LogP contribution in [0.4, 0.5) is 5.82 Å². The molecule has 110 valence electrons. The molecule has 1 aromatic carbocycles. The van der Waals surface area contributed by atoms with Crippen LogP contribution in [-0.2, 0) is 4.79 Å². The van der Waals surface area contributed by atoms with Gasteiger partial charge in [-0.15, -0.1) is 0 Å². The van der Waals surface area contributed by atoms with Crippen molar-refractivity contribution in [3.8, 4) is 5.75 Å². The normalized spacial score (nSPS) is 11.8. The zero-order valence-corrected chi connectivity index (χ0v) is 14.0. The van der Waals surface area contributed by atoms with Gasteiger partial charge in [-0.3, -0.25) is 4.79 Å². The van der Waals surface area contributed by atoms with Gasteiger partial charge in [-0.05, 0) is 47.1 Å². The van der Waals surface area contributed by atoms with Crippen LogP contribution in [0.15, 0.2) is 41.0 Å². The third-order valence-corrected chi connectivity index (χ3v) is 3.56. The predicted octanol–water partition coefficient (Wildman–Crippen LogP) is 4.56. The molecule has 0 saturated heterocycles. The molecule has 0 bridgehead atoms. The second kappa shape index (κ2) is 7.11. The van der Waals surface area contributed by atoms with Gasteiger partial charge in [0, 0.05) is 21.8 Å². The Morgan fingerprint density at radius 1 is 1.33 bits per heavy atom. The lowest BCUT2D eigenvalue weighted by Gasteiger charge is -2.15. The third kappa shape index (κ3) is 4.59. The molecular formula is C14H11BrCl2N2O2. The van der Waals surface area contributed by atoms with Crippen LogP contribution < -0.4 is 10.1 Å². The number of hydrogen-bond donors (Lipinski definition) is 1. The zero-order valence-electron chi connectivity index (χ0n) is 10.9. The summed E-state index contributed by atoms with van der Waals surface area (Å²) in [5.74, 6) is 0.465. The second-order valence-electron chi connectivity index (χ2n) is 4.19. The fourth-order valence-corrected chi connectivity index (χ4v) is 2.05. The second-order valence-corrected chi connectivity index (χ2v) is 5.95. The minimum atomic E-state index is -0.744. The maximum Gasteiger partial charge on any atom is 0.266 e. The van der Waals surface area contributed by atoms with E-state index >= 15 is 0 Å². The van der Waals surface area contributed by atoms with Crippen molar-refractivity contribution in [2.75, 3.05) is 5.32 Å². The third-order valence-electron chi connectivity index (χ3n) is 2.54. The van der Waals surface area contributed by atoms with E-state index in [2.05, 4.69) is 26.2 Å². The number of halogens is 3. The molecule has 1 N–H and O–H groups in total. The summed E-state index contributed by atoms with van der Waals surface area (Å²) in [6, 6.07) is 8.28. The fourth-order valence-electron chi connectivity index (χ4n) is 1.49. The molecule has 1 heterocycles. The number of nitrogens with one attached hydrogen (secondary N) is 1. The molecule has 0 radical (unpaired) electrons. The summed E-state index contributed by atoms with van der Waals surface area (Å²) in [4.78, 5) is 16.1. The summed E-state index contributed by atoms with van der Waals surface area (Å²) in [5.41, 5.74) is 0. The maximum atomic E-state index is 12.0. The first-order valence-electron chi connectivity index (χ1n) is 6.00. The highest BCUT2D eigenvalue weighted by atomic mass is 79.9. The van der Waals surface area contributed by atoms with Gasteiger partial charge in [-0.25, -0.2) is 4.98 Å². The fraction of sp³-hybridized carbons (Fsp3) is 0.143. The van der Waals surface area contributed by atoms with Crippen molar-refractivity contribution in [2.24, 2.45) is 0 Å². The number of ether oxygens (including phenoxy) is 1. The summed E-state index contributed by atoms with van der Waals surface area (Å²) in [5, 5.41) is 3.52. The van der Waals surface area contributed by atoms with Crippen LogP contribution in [0.5, 0.6) is 5.75 Å². The van der Waals surface area contributed by atoms with E-state index < -0.39 is 6.10 Å². The molecule has 2 aromatic rings. The molecule has 0 saturated carbocycles. The van der Waals surface area contributed by atoms with E-state index in [1.807, 2.05) is 0 Å². The lowest BCUT2D eigenvalue weighted by atomic mass is 10.3. The van der Waals surface area contributed by atoms with Crippen LogP contribution in [0.3, 0.4) is 0 Å². The van der Waals surface area contributed by atoms with Crippen molar-refractivity contribution in [3.63, 3.8) is 0 Å². The summed E-state index contributed by atoms with van der Waals surface area (Å²) in [7, 11) is 0. The Morgan fingerprint density at radius 3 is 2.76 bits per heavy atom. The van der Waals surface area contributed by atoms with Gasteiger partial charge >= 0.3 is 0 Å². The Morgan fingerprint density at radius 2 is 2.10 bits per heavy atom. The molecule has 7 heteroatoms. The lowest BCUT2D eigenvalue weighted by Crippen LogP contribution is -2.30. The van der Waals surface area contributed by atoms with Crippen molar-refractivity contribution < 1.29 is 9.53 Å². The van der Waals surface area contributed by atoms with E-state index in [1.54, 1.807) is 43.5 Å². The number of anilines is 1. The van der Waals surface area contributed by atoms with E-state index in [-0.39, 0.29) is 5.91 Å². The van der Waals surface area contributed by atoms with Crippen molar-refractivity contribution >= 4 is 50.9 Å². The molecular weight excluding hydrogens is 379 g/mol. The number of rotatable bonds is 4. The summed E-state index contributed by atoms with van der Waals surface area (Å²) < 4.78 is 6.35. The van der Waals surface area contributed by atoms with Crippen molar-refractivity contribution in [1.82, 2.24) is 4.98 Å². The highest BCUT2D eigenvalue weighted by Gasteiger charge is 2.17. The number of pyridine rings is 1. The first-order chi connectivity index (χ1) is 9.95. The van der Waals surface area contributed by atoms with E-state index in [9.17, 15) is 4.79 Å². The SMILES string of the molecule is CC(Oc1cc(Cl)ccc1Cl)C(=O)Nc1ccc(Br)cn1. The van der Waals surface area contributed by atoms with E-state index in [0.29, 0.717) is 21.6 Å². The topological polar surface area (TPSA) is 51.2 Å². The van der Waals surface area contributed by atoms with E-state index in [4.69, 9.17) is 27.9 Å². The van der Waals surface area contributed by atoms with Crippen LogP contribution in [0.25, 0.3) is 0 Å². The largest absolute Gasteiger partial charge is 0.479 e. The van der Waals surface area contributed by atoms with Crippen LogP contribution in [0.1, 0.15) is 6.92 Å². The number of nitrogens with zero attached hydrogens (tertiary/aromatic N) is 1. The Bertz CT molecular complexity index is 650. The van der Waals surface area contributed by atoms with E-state index in [0.717, 1.165) is 4.47 Å². The van der Waals surface area contributed by atoms with Gasteiger partial charge in [0.25, 0.3) is 5.91 Å². The average molecular weight is 390 g/mol. The smallest absolute Gasteiger partial charge is 0.266 e. The Hall–Kier alpha value is -1.30. The molecule has 1 atom stereocenters. The molecule has 1 aromatic heterocycles. The molecule has 0 fully saturated rings. The van der Waals surface area contributed by atoms with Crippen molar-refractivity contribution in [1.29, 1.82) is 0 Å². The van der Waals surface area contributed by atoms with Gasteiger partial charge < -0.3 is 10.1 Å². The molecule has 0 aliphatic carbocycles. The van der Waals surface area contributed by atoms with Crippen LogP contribution in [0, 0.1) is 0 Å². The van der Waals surface area contributed by atoms with Gasteiger partial charge in [0.05, 0.1) is 5.02 Å². The van der Waals surface area contributed by atoms with Gasteiger partial charge in [0.1, 0.15) is 11.6 Å². The molecule has 4 nitrogen and oxygen atoms in total. The first kappa shape index (κ1) is 16.1. The minimum absolute atomic E-state index is 0.333. The number of hydrogen-bond acceptors (Lipinski definition) is 3. The summed E-state index contributed by atoms with van der Waals surface area (Å²) in [6.07, 6.45) is 0.848. The number of carbonyl (C=O) groups excluding carboxylic acids is 1. The number of benzene rings is 1. The molecule has 0 spiro atoms. The average Bonchev–Trinajstić information content (AvgIpc) is 2.45. The Balaban J connectivity index is 2.02. The maximum absolute atomic E-state index is 12.0. The van der Waals surface area contributed by atoms with E-state index in [1.165, 1.54) is 0 Å². The van der Waals surface area contributed by atoms with Gasteiger partial charge in [0.2, 0.25) is 0 Å². The molecule has 1 amide bonds. The molecule has 21 heavy (non-hydrogen) atoms. The Labute approximate surface area is 140 Å². The predicted molar refractivity (Wildman–Crippen MR) is 87.1 cm³/mol. The molecule has 0 aliphatic heterocycles. The first-order valence-corrected chi connectivity index (χ1v) is 7.55. The highest BCUT2D eigenvalue weighted by molar-refractivity contribution is 9.10. The number of amides is 1. The van der Waals surface area contributed by atoms with Gasteiger partial charge in [0.15, 0.2) is 6.10 Å². The summed E-state index contributed by atoms with van der Waals surface area (Å²) in [6.45, 7) is 1.62. The van der Waals surface area contributed by atoms with Crippen LogP contribution in [-0.4, -0.2) is 17.0 Å². The number of aromatic nitrogens is 1. The highest BCUT2D eigenvalue weighted by Crippen LogP contribution is 2.28. The van der Waals surface area contributed by atoms with Crippen LogP contribution >= 0.6 is 39.1 Å². The summed E-state index contributed by atoms with van der Waals surface area (Å²) >= 11 is 15.1. The molecule has 2 rings (SSSR count). The van der Waals surface area contributed by atoms with Gasteiger partial charge in [-0.1, -0.05) is 23.2 Å². The van der Waals surface area contributed by atoms with Gasteiger partial charge in [-0.2, -0.15) is 0 Å². The lowest BCUT2D eigenvalue weighted by molar-refractivity contribution is -0.122. The van der Waals surface area contributed by atoms with Crippen LogP contribution in [0.2, 0.25) is 10.0 Å². The zero-order chi connectivity index (χ0) is 15.4. The van der Waals surface area contributed by atoms with Crippen molar-refractivity contribution in [2.45, 2.75) is 13.0 Å². The van der Waals surface area contributed by atoms with Crippen molar-refractivity contribution in [3.05, 3.63) is 51.0 Å². The monoisotopic (exact) mass is 388 g/mol. The molecule has 0 aliphatic rings. The standard InChI is InChI=1S/C14H11BrCl2N2O2/c1-8(21-12-6-10(16)3-4-11(12)17)14(20)19-13-5-2-9(15)7-18-13/h2-8H,1H3,(H,18,19,20).